The molecule has 1 N–H and O–H groups in total. The zero-order valence-electron chi connectivity index (χ0n) is 12.9. The largest absolute Gasteiger partial charge is 0.380 e. The molecule has 0 atom stereocenters. The number of carbonyl (C=O) groups excluding carboxylic acids is 2. The van der Waals surface area contributed by atoms with E-state index in [9.17, 15) is 9.59 Å². The normalized spacial score (nSPS) is 13.2. The number of thiazole rings is 1. The van der Waals surface area contributed by atoms with Gasteiger partial charge in [-0.25, -0.2) is 9.88 Å². The summed E-state index contributed by atoms with van der Waals surface area (Å²) in [6.07, 6.45) is 1.73. The Kier molecular flexibility index (Phi) is 3.99. The highest BCUT2D eigenvalue weighted by atomic mass is 35.5. The minimum Gasteiger partial charge on any atom is -0.380 e. The van der Waals surface area contributed by atoms with Gasteiger partial charge in [-0.1, -0.05) is 23.7 Å². The molecule has 1 aliphatic heterocycles. The van der Waals surface area contributed by atoms with Gasteiger partial charge in [-0.15, -0.1) is 11.3 Å². The molecule has 2 aromatic carbocycles. The van der Waals surface area contributed by atoms with Gasteiger partial charge in [0.1, 0.15) is 0 Å². The zero-order valence-corrected chi connectivity index (χ0v) is 14.5. The summed E-state index contributed by atoms with van der Waals surface area (Å²) >= 11 is 7.23. The van der Waals surface area contributed by atoms with Crippen molar-refractivity contribution in [3.63, 3.8) is 0 Å². The Balaban J connectivity index is 1.51. The van der Waals surface area contributed by atoms with E-state index in [1.807, 2.05) is 12.1 Å². The van der Waals surface area contributed by atoms with E-state index in [1.54, 1.807) is 42.6 Å². The first-order valence-corrected chi connectivity index (χ1v) is 8.75. The number of fused-ring (bicyclic) bond motifs is 1. The summed E-state index contributed by atoms with van der Waals surface area (Å²) in [7, 11) is 0. The fourth-order valence-electron chi connectivity index (χ4n) is 2.71. The summed E-state index contributed by atoms with van der Waals surface area (Å²) in [4.78, 5) is 31.2. The predicted octanol–water partition coefficient (Wildman–Crippen LogP) is 4.21. The number of imide groups is 1. The average Bonchev–Trinajstić information content (AvgIpc) is 3.16. The van der Waals surface area contributed by atoms with Gasteiger partial charge in [-0.05, 0) is 36.4 Å². The van der Waals surface area contributed by atoms with E-state index < -0.39 is 0 Å². The Labute approximate surface area is 152 Å². The van der Waals surface area contributed by atoms with Gasteiger partial charge >= 0.3 is 0 Å². The molecule has 124 valence electrons. The standard InChI is InChI=1S/C18H12ClN3O2S/c19-18-21-10-13(25-18)9-20-11-5-7-12(8-6-11)22-16(23)14-3-1-2-4-15(14)17(22)24/h1-8,10,20H,9H2. The molecule has 2 heterocycles. The summed E-state index contributed by atoms with van der Waals surface area (Å²) in [6, 6.07) is 14.0. The van der Waals surface area contributed by atoms with Crippen molar-refractivity contribution in [1.29, 1.82) is 0 Å². The second kappa shape index (κ2) is 6.31. The van der Waals surface area contributed by atoms with Crippen LogP contribution in [0, 0.1) is 0 Å². The third-order valence-electron chi connectivity index (χ3n) is 3.91. The summed E-state index contributed by atoms with van der Waals surface area (Å²) in [5.74, 6) is -0.582. The Morgan fingerprint density at radius 1 is 1.00 bits per heavy atom. The molecular formula is C18H12ClN3O2S. The van der Waals surface area contributed by atoms with E-state index in [4.69, 9.17) is 11.6 Å². The molecule has 5 nitrogen and oxygen atoms in total. The monoisotopic (exact) mass is 369 g/mol. The van der Waals surface area contributed by atoms with Crippen LogP contribution in [0.5, 0.6) is 0 Å². The molecule has 0 saturated carbocycles. The molecule has 0 aliphatic carbocycles. The van der Waals surface area contributed by atoms with Crippen LogP contribution >= 0.6 is 22.9 Å². The number of benzene rings is 2. The van der Waals surface area contributed by atoms with Gasteiger partial charge in [-0.2, -0.15) is 0 Å². The topological polar surface area (TPSA) is 62.3 Å². The summed E-state index contributed by atoms with van der Waals surface area (Å²) in [5, 5.41) is 3.26. The summed E-state index contributed by atoms with van der Waals surface area (Å²) in [6.45, 7) is 0.608. The van der Waals surface area contributed by atoms with Crippen molar-refractivity contribution in [1.82, 2.24) is 4.98 Å². The van der Waals surface area contributed by atoms with Crippen molar-refractivity contribution < 1.29 is 9.59 Å². The van der Waals surface area contributed by atoms with Crippen molar-refractivity contribution in [3.8, 4) is 0 Å². The minimum absolute atomic E-state index is 0.291. The highest BCUT2D eigenvalue weighted by Crippen LogP contribution is 2.29. The number of nitrogens with zero attached hydrogens (tertiary/aromatic N) is 2. The number of anilines is 2. The second-order valence-electron chi connectivity index (χ2n) is 5.47. The molecule has 0 fully saturated rings. The van der Waals surface area contributed by atoms with E-state index in [2.05, 4.69) is 10.3 Å². The van der Waals surface area contributed by atoms with Gasteiger partial charge in [-0.3, -0.25) is 9.59 Å². The second-order valence-corrected chi connectivity index (χ2v) is 7.17. The number of rotatable bonds is 4. The number of halogens is 1. The number of nitrogens with one attached hydrogen (secondary N) is 1. The van der Waals surface area contributed by atoms with E-state index in [-0.39, 0.29) is 11.8 Å². The van der Waals surface area contributed by atoms with E-state index in [1.165, 1.54) is 16.2 Å². The quantitative estimate of drug-likeness (QED) is 0.700. The minimum atomic E-state index is -0.291. The van der Waals surface area contributed by atoms with Crippen LogP contribution in [0.4, 0.5) is 11.4 Å². The number of aromatic nitrogens is 1. The van der Waals surface area contributed by atoms with Crippen LogP contribution in [0.2, 0.25) is 4.47 Å². The van der Waals surface area contributed by atoms with Crippen LogP contribution < -0.4 is 10.2 Å². The smallest absolute Gasteiger partial charge is 0.266 e. The number of hydrogen-bond acceptors (Lipinski definition) is 5. The fraction of sp³-hybridized carbons (Fsp3) is 0.0556. The number of hydrogen-bond donors (Lipinski definition) is 1. The van der Waals surface area contributed by atoms with Crippen LogP contribution in [-0.4, -0.2) is 16.8 Å². The lowest BCUT2D eigenvalue weighted by Crippen LogP contribution is -2.29. The van der Waals surface area contributed by atoms with E-state index in [0.717, 1.165) is 10.6 Å². The third kappa shape index (κ3) is 2.90. The first kappa shape index (κ1) is 15.8. The zero-order chi connectivity index (χ0) is 17.4. The van der Waals surface area contributed by atoms with Gasteiger partial charge in [0.2, 0.25) is 0 Å². The van der Waals surface area contributed by atoms with Crippen molar-refractivity contribution in [3.05, 3.63) is 75.2 Å². The molecule has 3 aromatic rings. The molecule has 0 spiro atoms. The van der Waals surface area contributed by atoms with E-state index in [0.29, 0.717) is 27.8 Å². The van der Waals surface area contributed by atoms with E-state index >= 15 is 0 Å². The van der Waals surface area contributed by atoms with Crippen molar-refractivity contribution in [2.24, 2.45) is 0 Å². The lowest BCUT2D eigenvalue weighted by atomic mass is 10.1. The number of amides is 2. The molecule has 7 heteroatoms. The van der Waals surface area contributed by atoms with Gasteiger partial charge in [0.05, 0.1) is 23.4 Å². The predicted molar refractivity (Wildman–Crippen MR) is 98.5 cm³/mol. The molecule has 0 bridgehead atoms. The molecule has 1 aliphatic rings. The Morgan fingerprint density at radius 2 is 1.64 bits per heavy atom. The third-order valence-corrected chi connectivity index (χ3v) is 5.03. The maximum atomic E-state index is 12.5. The Bertz CT molecular complexity index is 933. The molecular weight excluding hydrogens is 358 g/mol. The van der Waals surface area contributed by atoms with Crippen LogP contribution in [0.25, 0.3) is 0 Å². The fourth-order valence-corrected chi connectivity index (χ4v) is 3.62. The maximum Gasteiger partial charge on any atom is 0.266 e. The maximum absolute atomic E-state index is 12.5. The molecule has 0 unspecified atom stereocenters. The van der Waals surface area contributed by atoms with Crippen molar-refractivity contribution >= 4 is 46.1 Å². The average molecular weight is 370 g/mol. The molecule has 25 heavy (non-hydrogen) atoms. The molecule has 2 amide bonds. The highest BCUT2D eigenvalue weighted by Gasteiger charge is 2.36. The first-order valence-electron chi connectivity index (χ1n) is 7.55. The van der Waals surface area contributed by atoms with Crippen LogP contribution in [-0.2, 0) is 6.54 Å². The van der Waals surface area contributed by atoms with Crippen molar-refractivity contribution in [2.45, 2.75) is 6.54 Å². The lowest BCUT2D eigenvalue weighted by Gasteiger charge is -2.14. The highest BCUT2D eigenvalue weighted by molar-refractivity contribution is 7.15. The van der Waals surface area contributed by atoms with Gasteiger partial charge in [0.15, 0.2) is 4.47 Å². The van der Waals surface area contributed by atoms with Gasteiger partial charge < -0.3 is 5.32 Å². The number of carbonyl (C=O) groups is 2. The molecule has 4 rings (SSSR count). The summed E-state index contributed by atoms with van der Waals surface area (Å²) < 4.78 is 0.512. The van der Waals surface area contributed by atoms with Crippen molar-refractivity contribution in [2.75, 3.05) is 10.2 Å². The lowest BCUT2D eigenvalue weighted by molar-refractivity contribution is 0.0926. The Morgan fingerprint density at radius 3 is 2.20 bits per heavy atom. The van der Waals surface area contributed by atoms with Crippen LogP contribution in [0.1, 0.15) is 25.6 Å². The molecule has 1 aromatic heterocycles. The Hall–Kier alpha value is -2.70. The van der Waals surface area contributed by atoms with Crippen LogP contribution in [0.15, 0.2) is 54.7 Å². The van der Waals surface area contributed by atoms with Crippen LogP contribution in [0.3, 0.4) is 0 Å². The summed E-state index contributed by atoms with van der Waals surface area (Å²) in [5.41, 5.74) is 2.32. The van der Waals surface area contributed by atoms with Gasteiger partial charge in [0.25, 0.3) is 11.8 Å². The SMILES string of the molecule is O=C1c2ccccc2C(=O)N1c1ccc(NCc2cnc(Cl)s2)cc1. The first-order chi connectivity index (χ1) is 12.1. The van der Waals surface area contributed by atoms with Gasteiger partial charge in [0, 0.05) is 16.8 Å². The molecule has 0 saturated heterocycles. The molecule has 0 radical (unpaired) electrons.